The first-order chi connectivity index (χ1) is 11.1. The van der Waals surface area contributed by atoms with E-state index in [4.69, 9.17) is 9.15 Å². The summed E-state index contributed by atoms with van der Waals surface area (Å²) in [7, 11) is 0. The van der Waals surface area contributed by atoms with Crippen molar-refractivity contribution in [3.8, 4) is 0 Å². The minimum atomic E-state index is 0.174. The first-order valence-electron chi connectivity index (χ1n) is 8.66. The molecule has 2 saturated heterocycles. The van der Waals surface area contributed by atoms with Crippen LogP contribution in [0.5, 0.6) is 0 Å². The monoisotopic (exact) mass is 321 g/mol. The third kappa shape index (κ3) is 4.12. The third-order valence-corrected chi connectivity index (χ3v) is 4.71. The molecule has 0 unspecified atom stereocenters. The van der Waals surface area contributed by atoms with E-state index in [-0.39, 0.29) is 5.92 Å². The lowest BCUT2D eigenvalue weighted by molar-refractivity contribution is -0.141. The second kappa shape index (κ2) is 7.45. The Bertz CT molecular complexity index is 515. The lowest BCUT2D eigenvalue weighted by Crippen LogP contribution is -2.46. The van der Waals surface area contributed by atoms with Crippen molar-refractivity contribution >= 4 is 5.91 Å². The molecule has 2 aliphatic rings. The SMILES string of the molecule is CC(C)c1nc(CN2CCC(C(=O)N3CCOCC3)CC2)co1. The maximum absolute atomic E-state index is 12.5. The van der Waals surface area contributed by atoms with Crippen molar-refractivity contribution in [1.82, 2.24) is 14.8 Å². The van der Waals surface area contributed by atoms with E-state index >= 15 is 0 Å². The Morgan fingerprint density at radius 3 is 2.57 bits per heavy atom. The Kier molecular flexibility index (Phi) is 5.33. The molecule has 0 aromatic carbocycles. The van der Waals surface area contributed by atoms with Crippen LogP contribution >= 0.6 is 0 Å². The zero-order valence-electron chi connectivity index (χ0n) is 14.2. The summed E-state index contributed by atoms with van der Waals surface area (Å²) in [6, 6.07) is 0. The van der Waals surface area contributed by atoms with Gasteiger partial charge in [-0.3, -0.25) is 9.69 Å². The molecule has 1 amide bonds. The molecule has 0 bridgehead atoms. The van der Waals surface area contributed by atoms with Crippen LogP contribution in [0, 0.1) is 5.92 Å². The second-order valence-electron chi connectivity index (χ2n) is 6.82. The van der Waals surface area contributed by atoms with Gasteiger partial charge in [0.1, 0.15) is 6.26 Å². The fourth-order valence-corrected chi connectivity index (χ4v) is 3.27. The maximum Gasteiger partial charge on any atom is 0.225 e. The van der Waals surface area contributed by atoms with Crippen LogP contribution in [-0.4, -0.2) is 60.1 Å². The summed E-state index contributed by atoms with van der Waals surface area (Å²) in [4.78, 5) is 21.4. The molecule has 3 rings (SSSR count). The molecule has 128 valence electrons. The molecule has 0 spiro atoms. The standard InChI is InChI=1S/C17H27N3O3/c1-13(2)16-18-15(12-23-16)11-19-5-3-14(4-6-19)17(21)20-7-9-22-10-8-20/h12-14H,3-11H2,1-2H3. The summed E-state index contributed by atoms with van der Waals surface area (Å²) < 4.78 is 10.8. The smallest absolute Gasteiger partial charge is 0.225 e. The Labute approximate surface area is 137 Å². The number of likely N-dealkylation sites (tertiary alicyclic amines) is 1. The number of amides is 1. The number of nitrogens with zero attached hydrogens (tertiary/aromatic N) is 3. The van der Waals surface area contributed by atoms with Crippen LogP contribution in [0.3, 0.4) is 0 Å². The highest BCUT2D eigenvalue weighted by Gasteiger charge is 2.29. The van der Waals surface area contributed by atoms with E-state index in [2.05, 4.69) is 23.7 Å². The summed E-state index contributed by atoms with van der Waals surface area (Å²) >= 11 is 0. The normalized spacial score (nSPS) is 21.1. The molecular formula is C17H27N3O3. The molecule has 2 aliphatic heterocycles. The van der Waals surface area contributed by atoms with E-state index < -0.39 is 0 Å². The van der Waals surface area contributed by atoms with Gasteiger partial charge in [0, 0.05) is 31.5 Å². The van der Waals surface area contributed by atoms with Gasteiger partial charge in [-0.2, -0.15) is 0 Å². The van der Waals surface area contributed by atoms with E-state index in [1.807, 2.05) is 4.90 Å². The van der Waals surface area contributed by atoms with Gasteiger partial charge in [-0.05, 0) is 25.9 Å². The molecule has 1 aromatic heterocycles. The van der Waals surface area contributed by atoms with E-state index in [1.54, 1.807) is 6.26 Å². The van der Waals surface area contributed by atoms with Crippen LogP contribution in [0.4, 0.5) is 0 Å². The van der Waals surface area contributed by atoms with E-state index in [0.29, 0.717) is 25.0 Å². The van der Waals surface area contributed by atoms with E-state index in [9.17, 15) is 4.79 Å². The predicted octanol–water partition coefficient (Wildman–Crippen LogP) is 1.87. The number of aromatic nitrogens is 1. The van der Waals surface area contributed by atoms with Crippen LogP contribution in [0.2, 0.25) is 0 Å². The summed E-state index contributed by atoms with van der Waals surface area (Å²) in [5.41, 5.74) is 0.992. The summed E-state index contributed by atoms with van der Waals surface area (Å²) in [5.74, 6) is 1.61. The minimum absolute atomic E-state index is 0.174. The van der Waals surface area contributed by atoms with Crippen LogP contribution in [0.25, 0.3) is 0 Å². The van der Waals surface area contributed by atoms with Gasteiger partial charge >= 0.3 is 0 Å². The van der Waals surface area contributed by atoms with Crippen LogP contribution in [0.1, 0.15) is 44.2 Å². The molecule has 2 fully saturated rings. The minimum Gasteiger partial charge on any atom is -0.448 e. The molecular weight excluding hydrogens is 294 g/mol. The lowest BCUT2D eigenvalue weighted by Gasteiger charge is -2.35. The van der Waals surface area contributed by atoms with Crippen molar-refractivity contribution in [3.05, 3.63) is 17.8 Å². The third-order valence-electron chi connectivity index (χ3n) is 4.71. The summed E-state index contributed by atoms with van der Waals surface area (Å²) in [6.45, 7) is 9.72. The summed E-state index contributed by atoms with van der Waals surface area (Å²) in [6.07, 6.45) is 3.64. The zero-order valence-corrected chi connectivity index (χ0v) is 14.2. The second-order valence-corrected chi connectivity index (χ2v) is 6.82. The first kappa shape index (κ1) is 16.5. The summed E-state index contributed by atoms with van der Waals surface area (Å²) in [5, 5.41) is 0. The first-order valence-corrected chi connectivity index (χ1v) is 8.66. The fraction of sp³-hybridized carbons (Fsp3) is 0.765. The number of ether oxygens (including phenoxy) is 1. The number of carbonyl (C=O) groups is 1. The predicted molar refractivity (Wildman–Crippen MR) is 86.0 cm³/mol. The van der Waals surface area contributed by atoms with E-state index in [1.165, 1.54) is 0 Å². The topological polar surface area (TPSA) is 58.8 Å². The molecule has 0 aliphatic carbocycles. The van der Waals surface area contributed by atoms with Crippen molar-refractivity contribution in [2.45, 2.75) is 39.2 Å². The highest BCUT2D eigenvalue weighted by atomic mass is 16.5. The molecule has 6 heteroatoms. The molecule has 6 nitrogen and oxygen atoms in total. The zero-order chi connectivity index (χ0) is 16.2. The van der Waals surface area contributed by atoms with Crippen LogP contribution in [0.15, 0.2) is 10.7 Å². The average molecular weight is 321 g/mol. The van der Waals surface area contributed by atoms with Gasteiger partial charge in [0.2, 0.25) is 5.91 Å². The largest absolute Gasteiger partial charge is 0.448 e. The van der Waals surface area contributed by atoms with Crippen LogP contribution < -0.4 is 0 Å². The van der Waals surface area contributed by atoms with Crippen molar-refractivity contribution in [1.29, 1.82) is 0 Å². The number of hydrogen-bond acceptors (Lipinski definition) is 5. The van der Waals surface area contributed by atoms with Gasteiger partial charge < -0.3 is 14.1 Å². The molecule has 0 saturated carbocycles. The molecule has 1 aromatic rings. The number of morpholine rings is 1. The molecule has 0 N–H and O–H groups in total. The van der Waals surface area contributed by atoms with Crippen LogP contribution in [-0.2, 0) is 16.1 Å². The van der Waals surface area contributed by atoms with E-state index in [0.717, 1.165) is 57.2 Å². The Morgan fingerprint density at radius 2 is 1.96 bits per heavy atom. The van der Waals surface area contributed by atoms with Gasteiger partial charge in [0.15, 0.2) is 5.89 Å². The average Bonchev–Trinajstić information content (AvgIpc) is 3.04. The molecule has 23 heavy (non-hydrogen) atoms. The molecule has 0 atom stereocenters. The Hall–Kier alpha value is -1.40. The Balaban J connectivity index is 1.47. The maximum atomic E-state index is 12.5. The fourth-order valence-electron chi connectivity index (χ4n) is 3.27. The van der Waals surface area contributed by atoms with Gasteiger partial charge in [-0.1, -0.05) is 13.8 Å². The number of piperidine rings is 1. The van der Waals surface area contributed by atoms with Crippen molar-refractivity contribution in [3.63, 3.8) is 0 Å². The Morgan fingerprint density at radius 1 is 1.26 bits per heavy atom. The van der Waals surface area contributed by atoms with Gasteiger partial charge in [-0.15, -0.1) is 0 Å². The number of rotatable bonds is 4. The molecule has 3 heterocycles. The number of oxazole rings is 1. The highest BCUT2D eigenvalue weighted by molar-refractivity contribution is 5.79. The van der Waals surface area contributed by atoms with Gasteiger partial charge in [0.05, 0.1) is 18.9 Å². The lowest BCUT2D eigenvalue weighted by atomic mass is 9.95. The van der Waals surface area contributed by atoms with Gasteiger partial charge in [-0.25, -0.2) is 4.98 Å². The van der Waals surface area contributed by atoms with Gasteiger partial charge in [0.25, 0.3) is 0 Å². The quantitative estimate of drug-likeness (QED) is 0.847. The van der Waals surface area contributed by atoms with Crippen molar-refractivity contribution in [2.24, 2.45) is 5.92 Å². The number of carbonyl (C=O) groups excluding carboxylic acids is 1. The number of hydrogen-bond donors (Lipinski definition) is 0. The molecule has 0 radical (unpaired) electrons. The van der Waals surface area contributed by atoms with Crippen molar-refractivity contribution < 1.29 is 13.9 Å². The highest BCUT2D eigenvalue weighted by Crippen LogP contribution is 2.22. The van der Waals surface area contributed by atoms with Crippen molar-refractivity contribution in [2.75, 3.05) is 39.4 Å².